The topological polar surface area (TPSA) is 224 Å². The molecule has 0 saturated carbocycles. The van der Waals surface area contributed by atoms with Crippen molar-refractivity contribution in [3.05, 3.63) is 194 Å². The number of hydrogen-bond donors (Lipinski definition) is 2. The number of aliphatic hydroxyl groups excluding tert-OH is 1. The Kier molecular flexibility index (Phi) is 20.5. The molecule has 3 fully saturated rings. The van der Waals surface area contributed by atoms with Gasteiger partial charge in [-0.3, -0.25) is 37.7 Å². The summed E-state index contributed by atoms with van der Waals surface area (Å²) in [6.45, 7) is 17.1. The molecule has 79 heavy (non-hydrogen) atoms. The highest BCUT2D eigenvalue weighted by atomic mass is 19.1. The van der Waals surface area contributed by atoms with Crippen LogP contribution in [0, 0.1) is 17.7 Å². The van der Waals surface area contributed by atoms with Crippen LogP contribution in [-0.4, -0.2) is 114 Å². The Morgan fingerprint density at radius 2 is 1.32 bits per heavy atom. The van der Waals surface area contributed by atoms with Crippen molar-refractivity contribution in [3.63, 3.8) is 0 Å². The number of aromatic nitrogens is 12. The molecule has 0 amide bonds. The van der Waals surface area contributed by atoms with Crippen LogP contribution in [0.25, 0.3) is 0 Å². The van der Waals surface area contributed by atoms with Crippen LogP contribution in [0.15, 0.2) is 154 Å². The third kappa shape index (κ3) is 15.0. The van der Waals surface area contributed by atoms with Gasteiger partial charge in [0, 0.05) is 125 Å². The zero-order chi connectivity index (χ0) is 56.6. The molecule has 0 radical (unpaired) electrons. The Morgan fingerprint density at radius 3 is 1.84 bits per heavy atom. The van der Waals surface area contributed by atoms with E-state index in [2.05, 4.69) is 67.0 Å². The minimum Gasteiger partial charge on any atom is -0.501 e. The number of aryl methyl sites for hydroxylation is 6. The summed E-state index contributed by atoms with van der Waals surface area (Å²) in [4.78, 5) is 20.9. The van der Waals surface area contributed by atoms with E-state index in [1.807, 2.05) is 90.0 Å². The SMILES string of the molecule is C=CC(O)c1cnn(C)c1.C=CCOC(C=C)c1cnn(C)c1.CC1=NO[C@@H]2CO[C@@H](c3cnn(C)c3)[C@H]12.Cn1cc(C2C=COC2)cn1.Cn1cc(C=O)cn1.Cn1cc([C@@H]2OC[C@H]3ON[C@](C)(c4ccccc4F)[C@H]32)cn1. The van der Waals surface area contributed by atoms with Crippen molar-refractivity contribution in [1.29, 1.82) is 0 Å². The number of nitrogens with one attached hydrogen (secondary N) is 1. The molecule has 420 valence electrons. The first-order valence-corrected chi connectivity index (χ1v) is 25.5. The van der Waals surface area contributed by atoms with Gasteiger partial charge in [0.2, 0.25) is 0 Å². The van der Waals surface area contributed by atoms with Crippen molar-refractivity contribution in [3.8, 4) is 0 Å². The van der Waals surface area contributed by atoms with E-state index in [0.29, 0.717) is 36.9 Å². The molecular formula is C56H71FN14O8. The van der Waals surface area contributed by atoms with Gasteiger partial charge in [-0.1, -0.05) is 41.6 Å². The summed E-state index contributed by atoms with van der Waals surface area (Å²) in [5.74, 6) is 0.407. The van der Waals surface area contributed by atoms with E-state index < -0.39 is 11.6 Å². The predicted octanol–water partition coefficient (Wildman–Crippen LogP) is 6.72. The Hall–Kier alpha value is -7.93. The number of benzene rings is 1. The number of ether oxygens (including phenoxy) is 4. The molecule has 5 aliphatic heterocycles. The lowest BCUT2D eigenvalue weighted by Gasteiger charge is -2.32. The number of halogens is 1. The summed E-state index contributed by atoms with van der Waals surface area (Å²) in [6, 6.07) is 6.81. The molecule has 0 bridgehead atoms. The molecule has 0 aliphatic carbocycles. The lowest BCUT2D eigenvalue weighted by atomic mass is 9.75. The second-order valence-electron chi connectivity index (χ2n) is 19.4. The van der Waals surface area contributed by atoms with Crippen LogP contribution in [0.3, 0.4) is 0 Å². The minimum absolute atomic E-state index is 0.0198. The zero-order valence-corrected chi connectivity index (χ0v) is 45.8. The first kappa shape index (κ1) is 58.7. The number of hydroxylamine groups is 1. The quantitative estimate of drug-likeness (QED) is 0.0958. The van der Waals surface area contributed by atoms with Crippen LogP contribution >= 0.6 is 0 Å². The van der Waals surface area contributed by atoms with E-state index >= 15 is 0 Å². The molecule has 5 aliphatic rings. The number of aliphatic hydroxyl groups is 1. The van der Waals surface area contributed by atoms with Crippen molar-refractivity contribution in [2.45, 2.75) is 61.9 Å². The van der Waals surface area contributed by atoms with Gasteiger partial charge in [-0.25, -0.2) is 4.39 Å². The maximum absolute atomic E-state index is 14.3. The van der Waals surface area contributed by atoms with Crippen molar-refractivity contribution in [1.82, 2.24) is 64.2 Å². The number of rotatable bonds is 12. The largest absolute Gasteiger partial charge is 0.501 e. The Bertz CT molecular complexity index is 3130. The average molecular weight is 1090 g/mol. The van der Waals surface area contributed by atoms with Gasteiger partial charge in [-0.2, -0.15) is 36.1 Å². The fourth-order valence-electron chi connectivity index (χ4n) is 9.44. The van der Waals surface area contributed by atoms with Gasteiger partial charge < -0.3 is 28.9 Å². The van der Waals surface area contributed by atoms with Crippen molar-refractivity contribution < 1.29 is 42.9 Å². The number of oxime groups is 1. The molecular weight excluding hydrogens is 1020 g/mol. The molecule has 11 heterocycles. The van der Waals surface area contributed by atoms with E-state index in [1.54, 1.807) is 99.0 Å². The van der Waals surface area contributed by atoms with E-state index in [-0.39, 0.29) is 48.2 Å². The van der Waals surface area contributed by atoms with Crippen LogP contribution in [0.1, 0.15) is 87.9 Å². The summed E-state index contributed by atoms with van der Waals surface area (Å²) >= 11 is 0. The summed E-state index contributed by atoms with van der Waals surface area (Å²) < 4.78 is 46.9. The minimum atomic E-state index is -0.646. The molecule has 7 aromatic rings. The fraction of sp³-hybridized carbons (Fsp3) is 0.393. The van der Waals surface area contributed by atoms with Crippen molar-refractivity contribution >= 4 is 12.0 Å². The summed E-state index contributed by atoms with van der Waals surface area (Å²) in [6.07, 6.45) is 30.4. The summed E-state index contributed by atoms with van der Waals surface area (Å²) in [5, 5.41) is 37.4. The highest BCUT2D eigenvalue weighted by Crippen LogP contribution is 2.50. The van der Waals surface area contributed by atoms with Gasteiger partial charge in [-0.05, 0) is 26.0 Å². The normalized spacial score (nSPS) is 23.6. The van der Waals surface area contributed by atoms with Crippen LogP contribution in [-0.2, 0) is 76.4 Å². The van der Waals surface area contributed by atoms with E-state index in [9.17, 15) is 14.3 Å². The van der Waals surface area contributed by atoms with Gasteiger partial charge in [-0.15, -0.1) is 19.7 Å². The highest BCUT2D eigenvalue weighted by Gasteiger charge is 2.57. The van der Waals surface area contributed by atoms with Crippen molar-refractivity contribution in [2.24, 2.45) is 59.3 Å². The molecule has 2 N–H and O–H groups in total. The Labute approximate surface area is 458 Å². The van der Waals surface area contributed by atoms with E-state index in [1.165, 1.54) is 23.9 Å². The molecule has 23 heteroatoms. The van der Waals surface area contributed by atoms with E-state index in [0.717, 1.165) is 40.9 Å². The van der Waals surface area contributed by atoms with E-state index in [4.69, 9.17) is 28.6 Å². The number of carbonyl (C=O) groups is 1. The first-order valence-electron chi connectivity index (χ1n) is 25.5. The van der Waals surface area contributed by atoms with Crippen LogP contribution in [0.4, 0.5) is 4.39 Å². The van der Waals surface area contributed by atoms with Crippen LogP contribution < -0.4 is 5.48 Å². The third-order valence-electron chi connectivity index (χ3n) is 13.4. The smallest absolute Gasteiger partial charge is 0.161 e. The molecule has 12 rings (SSSR count). The Morgan fingerprint density at radius 1 is 0.747 bits per heavy atom. The monoisotopic (exact) mass is 1090 g/mol. The average Bonchev–Trinajstić information content (AvgIpc) is 4.38. The zero-order valence-electron chi connectivity index (χ0n) is 45.8. The first-order chi connectivity index (χ1) is 38.0. The molecule has 3 unspecified atom stereocenters. The van der Waals surface area contributed by atoms with Gasteiger partial charge in [0.25, 0.3) is 0 Å². The second-order valence-corrected chi connectivity index (χ2v) is 19.4. The maximum atomic E-state index is 14.3. The number of carbonyl (C=O) groups excluding carboxylic acids is 1. The lowest BCUT2D eigenvalue weighted by molar-refractivity contribution is -0.0258. The molecule has 3 saturated heterocycles. The molecule has 6 aromatic heterocycles. The third-order valence-corrected chi connectivity index (χ3v) is 13.4. The number of fused-ring (bicyclic) bond motifs is 2. The standard InChI is InChI=1S/C16H18FN3O2.C10H13N3O2.C10H14N2O.C8H10N2O.C7H10N2O.C5H6N2O/c1-16(11-5-3-4-6-12(11)17)14-13(22-19-16)9-21-15(14)10-7-18-20(2)8-10;1-6-9-8(15-12-6)5-14-10(9)7-3-11-13(2)4-7;1-4-6-13-10(5-2)9-7-11-12(3)8-9;1-10-5-8(4-9-10)7-2-3-11-6-7;1-3-7(10)6-4-8-9(2)5-6;1-7-3-5(4-8)2-6-7/h3-8,13-15,19H,9H2,1-2H3;3-4,8-10H,5H2,1-2H3;4-5,7-8,10H,1-2,6H2,3H3;2-5,7H,6H2,1H3;3-5,7,10H,1H2,2H3;2-4H,1H3/t13-,14-,15+,16-;8-,9-,10+;;;;/m11..../s1. The highest BCUT2D eigenvalue weighted by molar-refractivity contribution is 5.86. The van der Waals surface area contributed by atoms with Gasteiger partial charge >= 0.3 is 0 Å². The lowest BCUT2D eigenvalue weighted by Crippen LogP contribution is -2.41. The predicted molar refractivity (Wildman–Crippen MR) is 291 cm³/mol. The second kappa shape index (κ2) is 27.6. The van der Waals surface area contributed by atoms with Gasteiger partial charge in [0.05, 0.1) is 111 Å². The summed E-state index contributed by atoms with van der Waals surface area (Å²) in [5.41, 5.74) is 9.75. The molecule has 22 nitrogen and oxygen atoms in total. The van der Waals surface area contributed by atoms with Crippen molar-refractivity contribution in [2.75, 3.05) is 26.4 Å². The maximum Gasteiger partial charge on any atom is 0.161 e. The number of aldehydes is 1. The molecule has 10 atom stereocenters. The van der Waals surface area contributed by atoms with Gasteiger partial charge in [0.15, 0.2) is 12.4 Å². The van der Waals surface area contributed by atoms with Crippen LogP contribution in [0.5, 0.6) is 0 Å². The molecule has 0 spiro atoms. The Balaban J connectivity index is 0.000000142. The van der Waals surface area contributed by atoms with Crippen LogP contribution in [0.2, 0.25) is 0 Å². The van der Waals surface area contributed by atoms with Gasteiger partial charge in [0.1, 0.15) is 18.0 Å². The number of hydrogen-bond acceptors (Lipinski definition) is 16. The number of nitrogens with zero attached hydrogens (tertiary/aromatic N) is 13. The summed E-state index contributed by atoms with van der Waals surface area (Å²) in [7, 11) is 11.1. The molecule has 1 aromatic carbocycles. The fourth-order valence-corrected chi connectivity index (χ4v) is 9.44.